The molecule has 1 saturated heterocycles. The lowest BCUT2D eigenvalue weighted by Crippen LogP contribution is -2.27. The van der Waals surface area contributed by atoms with Gasteiger partial charge >= 0.3 is 0 Å². The van der Waals surface area contributed by atoms with Crippen LogP contribution in [0.25, 0.3) is 0 Å². The van der Waals surface area contributed by atoms with Gasteiger partial charge in [-0.05, 0) is 44.0 Å². The molecule has 2 atom stereocenters. The molecule has 1 aliphatic heterocycles. The maximum atomic E-state index is 13.6. The third kappa shape index (κ3) is 4.66. The first kappa shape index (κ1) is 17.6. The van der Waals surface area contributed by atoms with E-state index in [1.807, 2.05) is 19.3 Å². The fraction of sp³-hybridized carbons (Fsp3) is 0.421. The molecular weight excluding hydrogens is 324 g/mol. The molecule has 0 saturated carbocycles. The molecule has 1 aliphatic rings. The lowest BCUT2D eigenvalue weighted by Gasteiger charge is -2.23. The summed E-state index contributed by atoms with van der Waals surface area (Å²) in [5.74, 6) is -0.672. The Kier molecular flexibility index (Phi) is 5.48. The Balaban J connectivity index is 1.60. The van der Waals surface area contributed by atoms with Crippen molar-refractivity contribution >= 4 is 5.69 Å². The maximum absolute atomic E-state index is 13.6. The summed E-state index contributed by atoms with van der Waals surface area (Å²) in [6.45, 7) is 4.37. The lowest BCUT2D eigenvalue weighted by molar-refractivity contribution is 0.289. The van der Waals surface area contributed by atoms with Crippen LogP contribution in [-0.4, -0.2) is 31.2 Å². The van der Waals surface area contributed by atoms with Gasteiger partial charge in [0.05, 0.1) is 11.9 Å². The van der Waals surface area contributed by atoms with Crippen molar-refractivity contribution < 1.29 is 13.5 Å². The summed E-state index contributed by atoms with van der Waals surface area (Å²) >= 11 is 0. The predicted octanol–water partition coefficient (Wildman–Crippen LogP) is 3.37. The molecule has 0 amide bonds. The molecule has 25 heavy (non-hydrogen) atoms. The summed E-state index contributed by atoms with van der Waals surface area (Å²) in [6, 6.07) is 5.84. The van der Waals surface area contributed by atoms with Crippen molar-refractivity contribution in [3.8, 4) is 5.75 Å². The highest BCUT2D eigenvalue weighted by atomic mass is 19.1. The van der Waals surface area contributed by atoms with E-state index in [2.05, 4.69) is 22.1 Å². The highest BCUT2D eigenvalue weighted by Gasteiger charge is 2.22. The first-order chi connectivity index (χ1) is 12.0. The zero-order chi connectivity index (χ0) is 17.8. The molecule has 1 fully saturated rings. The quantitative estimate of drug-likeness (QED) is 0.869. The topological polar surface area (TPSA) is 37.4 Å². The normalized spacial score (nSPS) is 19.8. The smallest absolute Gasteiger partial charge is 0.167 e. The van der Waals surface area contributed by atoms with Crippen molar-refractivity contribution in [2.45, 2.75) is 26.0 Å². The van der Waals surface area contributed by atoms with E-state index in [1.54, 1.807) is 6.20 Å². The summed E-state index contributed by atoms with van der Waals surface area (Å²) in [5.41, 5.74) is 1.84. The number of benzene rings is 1. The van der Waals surface area contributed by atoms with Crippen LogP contribution in [0.1, 0.15) is 18.9 Å². The zero-order valence-electron chi connectivity index (χ0n) is 14.5. The summed E-state index contributed by atoms with van der Waals surface area (Å²) in [6.07, 6.45) is 4.68. The van der Waals surface area contributed by atoms with Gasteiger partial charge in [-0.2, -0.15) is 0 Å². The number of hydrogen-bond donors (Lipinski definition) is 1. The van der Waals surface area contributed by atoms with Gasteiger partial charge in [0.2, 0.25) is 0 Å². The van der Waals surface area contributed by atoms with Crippen LogP contribution in [0.4, 0.5) is 14.5 Å². The highest BCUT2D eigenvalue weighted by Crippen LogP contribution is 2.22. The molecule has 1 N–H and O–H groups in total. The van der Waals surface area contributed by atoms with Crippen LogP contribution in [0.15, 0.2) is 36.7 Å². The van der Waals surface area contributed by atoms with E-state index in [0.717, 1.165) is 30.4 Å². The van der Waals surface area contributed by atoms with Gasteiger partial charge in [0.25, 0.3) is 0 Å². The molecular formula is C19H23F2N3O. The Morgan fingerprint density at radius 3 is 2.84 bits per heavy atom. The van der Waals surface area contributed by atoms with E-state index >= 15 is 0 Å². The van der Waals surface area contributed by atoms with E-state index < -0.39 is 11.6 Å². The summed E-state index contributed by atoms with van der Waals surface area (Å²) in [4.78, 5) is 6.43. The number of halogens is 2. The molecule has 3 rings (SSSR count). The molecule has 0 aliphatic carbocycles. The van der Waals surface area contributed by atoms with Crippen molar-refractivity contribution in [1.29, 1.82) is 0 Å². The molecule has 0 spiro atoms. The molecule has 6 heteroatoms. The van der Waals surface area contributed by atoms with E-state index in [9.17, 15) is 8.78 Å². The van der Waals surface area contributed by atoms with Gasteiger partial charge in [0.15, 0.2) is 11.6 Å². The van der Waals surface area contributed by atoms with E-state index in [-0.39, 0.29) is 12.4 Å². The predicted molar refractivity (Wildman–Crippen MR) is 93.8 cm³/mol. The molecule has 1 aromatic heterocycles. The lowest BCUT2D eigenvalue weighted by atomic mass is 10.1. The second-order valence-electron chi connectivity index (χ2n) is 6.71. The number of rotatable bonds is 6. The molecule has 2 aromatic rings. The average molecular weight is 347 g/mol. The summed E-state index contributed by atoms with van der Waals surface area (Å²) in [5, 5.41) is 3.46. The van der Waals surface area contributed by atoms with Crippen molar-refractivity contribution in [2.75, 3.05) is 25.0 Å². The van der Waals surface area contributed by atoms with Crippen molar-refractivity contribution in [3.05, 3.63) is 53.9 Å². The van der Waals surface area contributed by atoms with Gasteiger partial charge in [-0.15, -0.1) is 0 Å². The fourth-order valence-corrected chi connectivity index (χ4v) is 3.18. The number of anilines is 1. The number of hydrogen-bond acceptors (Lipinski definition) is 4. The minimum absolute atomic E-state index is 0.0335. The fourth-order valence-electron chi connectivity index (χ4n) is 3.18. The zero-order valence-corrected chi connectivity index (χ0v) is 14.5. The van der Waals surface area contributed by atoms with Gasteiger partial charge in [0, 0.05) is 37.5 Å². The summed E-state index contributed by atoms with van der Waals surface area (Å²) in [7, 11) is 2.05. The molecule has 2 heterocycles. The minimum Gasteiger partial charge on any atom is -0.486 e. The molecule has 2 unspecified atom stereocenters. The maximum Gasteiger partial charge on any atom is 0.167 e. The van der Waals surface area contributed by atoms with Crippen LogP contribution in [0.5, 0.6) is 5.75 Å². The number of aromatic nitrogens is 1. The van der Waals surface area contributed by atoms with Gasteiger partial charge in [-0.25, -0.2) is 8.78 Å². The Morgan fingerprint density at radius 1 is 1.28 bits per heavy atom. The average Bonchev–Trinajstić information content (AvgIpc) is 2.99. The first-order valence-electron chi connectivity index (χ1n) is 8.47. The van der Waals surface area contributed by atoms with Crippen LogP contribution in [-0.2, 0) is 6.61 Å². The highest BCUT2D eigenvalue weighted by molar-refractivity contribution is 5.45. The molecule has 1 aromatic carbocycles. The van der Waals surface area contributed by atoms with Crippen molar-refractivity contribution in [2.24, 2.45) is 5.92 Å². The SMILES string of the molecule is CC1CC(CN(C)c2cncc(COc3ccc(F)cc3F)c2)CN1. The number of pyridine rings is 1. The Bertz CT molecular complexity index is 726. The molecule has 0 radical (unpaired) electrons. The number of ether oxygens (including phenoxy) is 1. The number of nitrogens with one attached hydrogen (secondary N) is 1. The monoisotopic (exact) mass is 347 g/mol. The van der Waals surface area contributed by atoms with Crippen LogP contribution in [0, 0.1) is 17.6 Å². The third-order valence-corrected chi connectivity index (χ3v) is 4.48. The molecule has 0 bridgehead atoms. The Hall–Kier alpha value is -2.21. The second-order valence-corrected chi connectivity index (χ2v) is 6.71. The first-order valence-corrected chi connectivity index (χ1v) is 8.47. The largest absolute Gasteiger partial charge is 0.486 e. The second kappa shape index (κ2) is 7.78. The standard InChI is InChI=1S/C19H23F2N3O/c1-13-5-14(9-23-13)11-24(2)17-6-15(8-22-10-17)12-25-19-4-3-16(20)7-18(19)21/h3-4,6-8,10,13-14,23H,5,9,11-12H2,1-2H3. The Labute approximate surface area is 146 Å². The molecule has 134 valence electrons. The van der Waals surface area contributed by atoms with Crippen molar-refractivity contribution in [1.82, 2.24) is 10.3 Å². The van der Waals surface area contributed by atoms with Crippen molar-refractivity contribution in [3.63, 3.8) is 0 Å². The Morgan fingerprint density at radius 2 is 2.12 bits per heavy atom. The van der Waals surface area contributed by atoms with Gasteiger partial charge in [-0.3, -0.25) is 4.98 Å². The van der Waals surface area contributed by atoms with Gasteiger partial charge < -0.3 is 15.0 Å². The van der Waals surface area contributed by atoms with Gasteiger partial charge in [-0.1, -0.05) is 0 Å². The molecule has 4 nitrogen and oxygen atoms in total. The van der Waals surface area contributed by atoms with Gasteiger partial charge in [0.1, 0.15) is 12.4 Å². The number of nitrogens with zero attached hydrogens (tertiary/aromatic N) is 2. The van der Waals surface area contributed by atoms with E-state index in [4.69, 9.17) is 4.74 Å². The van der Waals surface area contributed by atoms with Crippen LogP contribution in [0.3, 0.4) is 0 Å². The van der Waals surface area contributed by atoms with Crippen LogP contribution in [0.2, 0.25) is 0 Å². The third-order valence-electron chi connectivity index (χ3n) is 4.48. The van der Waals surface area contributed by atoms with E-state index in [1.165, 1.54) is 18.6 Å². The van der Waals surface area contributed by atoms with Crippen LogP contribution >= 0.6 is 0 Å². The minimum atomic E-state index is -0.705. The summed E-state index contributed by atoms with van der Waals surface area (Å²) < 4.78 is 32.0. The van der Waals surface area contributed by atoms with E-state index in [0.29, 0.717) is 12.0 Å². The van der Waals surface area contributed by atoms with Crippen LogP contribution < -0.4 is 15.0 Å².